The van der Waals surface area contributed by atoms with Crippen molar-refractivity contribution in [3.8, 4) is 5.75 Å². The minimum atomic E-state index is 0.237. The molecule has 1 atom stereocenters. The van der Waals surface area contributed by atoms with Crippen LogP contribution < -0.4 is 10.1 Å². The summed E-state index contributed by atoms with van der Waals surface area (Å²) in [5, 5.41) is 3.49. The molecule has 1 aromatic rings. The lowest BCUT2D eigenvalue weighted by atomic mass is 10.1. The van der Waals surface area contributed by atoms with Gasteiger partial charge in [-0.05, 0) is 50.8 Å². The summed E-state index contributed by atoms with van der Waals surface area (Å²) in [5.41, 5.74) is 2.46. The molecule has 1 unspecified atom stereocenters. The molecule has 0 radical (unpaired) electrons. The van der Waals surface area contributed by atoms with Crippen molar-refractivity contribution in [3.63, 3.8) is 0 Å². The second-order valence-corrected chi connectivity index (χ2v) is 4.88. The van der Waals surface area contributed by atoms with E-state index in [0.29, 0.717) is 0 Å². The zero-order valence-electron chi connectivity index (χ0n) is 10.4. The average Bonchev–Trinajstić information content (AvgIpc) is 3.04. The Hall–Kier alpha value is -1.02. The van der Waals surface area contributed by atoms with Crippen LogP contribution in [0.4, 0.5) is 0 Å². The van der Waals surface area contributed by atoms with E-state index in [9.17, 15) is 0 Å². The summed E-state index contributed by atoms with van der Waals surface area (Å²) < 4.78 is 5.94. The molecule has 1 aromatic carbocycles. The number of hydrogen-bond donors (Lipinski definition) is 1. The maximum Gasteiger partial charge on any atom is 0.122 e. The third kappa shape index (κ3) is 3.24. The van der Waals surface area contributed by atoms with E-state index in [2.05, 4.69) is 44.3 Å². The van der Waals surface area contributed by atoms with Crippen molar-refractivity contribution in [2.75, 3.05) is 6.54 Å². The molecule has 1 N–H and O–H groups in total. The Morgan fingerprint density at radius 3 is 2.81 bits per heavy atom. The Kier molecular flexibility index (Phi) is 3.49. The molecule has 0 aliphatic heterocycles. The number of nitrogens with one attached hydrogen (secondary N) is 1. The fraction of sp³-hybridized carbons (Fsp3) is 0.571. The van der Waals surface area contributed by atoms with Crippen LogP contribution in [0.15, 0.2) is 18.2 Å². The van der Waals surface area contributed by atoms with Crippen molar-refractivity contribution in [2.45, 2.75) is 45.8 Å². The van der Waals surface area contributed by atoms with E-state index in [4.69, 9.17) is 4.74 Å². The number of hydrogen-bond acceptors (Lipinski definition) is 2. The van der Waals surface area contributed by atoms with Crippen molar-refractivity contribution in [2.24, 2.45) is 0 Å². The van der Waals surface area contributed by atoms with Crippen LogP contribution in [-0.4, -0.2) is 18.7 Å². The maximum atomic E-state index is 5.94. The molecule has 16 heavy (non-hydrogen) atoms. The number of rotatable bonds is 5. The molecule has 0 bridgehead atoms. The summed E-state index contributed by atoms with van der Waals surface area (Å²) in [6.45, 7) is 7.25. The summed E-state index contributed by atoms with van der Waals surface area (Å²) in [5.74, 6) is 1.02. The molecule has 1 aliphatic carbocycles. The first-order valence-corrected chi connectivity index (χ1v) is 6.12. The predicted molar refractivity (Wildman–Crippen MR) is 67.0 cm³/mol. The second-order valence-electron chi connectivity index (χ2n) is 4.88. The molecule has 0 spiro atoms. The Morgan fingerprint density at radius 1 is 1.38 bits per heavy atom. The summed E-state index contributed by atoms with van der Waals surface area (Å²) in [7, 11) is 0. The van der Waals surface area contributed by atoms with Gasteiger partial charge in [0.05, 0.1) is 0 Å². The van der Waals surface area contributed by atoms with Gasteiger partial charge in [-0.3, -0.25) is 0 Å². The zero-order valence-corrected chi connectivity index (χ0v) is 10.4. The molecule has 2 heteroatoms. The Morgan fingerprint density at radius 2 is 2.12 bits per heavy atom. The van der Waals surface area contributed by atoms with Gasteiger partial charge in [-0.2, -0.15) is 0 Å². The van der Waals surface area contributed by atoms with Crippen LogP contribution in [0.5, 0.6) is 5.75 Å². The van der Waals surface area contributed by atoms with E-state index in [-0.39, 0.29) is 6.10 Å². The largest absolute Gasteiger partial charge is 0.489 e. The van der Waals surface area contributed by atoms with E-state index < -0.39 is 0 Å². The van der Waals surface area contributed by atoms with Crippen LogP contribution >= 0.6 is 0 Å². The third-order valence-corrected chi connectivity index (χ3v) is 2.94. The number of ether oxygens (including phenoxy) is 1. The summed E-state index contributed by atoms with van der Waals surface area (Å²) in [6, 6.07) is 7.11. The van der Waals surface area contributed by atoms with E-state index in [0.717, 1.165) is 18.3 Å². The highest BCUT2D eigenvalue weighted by Gasteiger charge is 2.21. The number of aryl methyl sites for hydroxylation is 2. The summed E-state index contributed by atoms with van der Waals surface area (Å²) >= 11 is 0. The summed E-state index contributed by atoms with van der Waals surface area (Å²) in [6.07, 6.45) is 2.90. The highest BCUT2D eigenvalue weighted by Crippen LogP contribution is 2.21. The van der Waals surface area contributed by atoms with E-state index in [1.54, 1.807) is 0 Å². The smallest absolute Gasteiger partial charge is 0.122 e. The van der Waals surface area contributed by atoms with Crippen molar-refractivity contribution < 1.29 is 4.74 Å². The van der Waals surface area contributed by atoms with E-state index in [1.165, 1.54) is 24.0 Å². The van der Waals surface area contributed by atoms with E-state index >= 15 is 0 Å². The van der Waals surface area contributed by atoms with Gasteiger partial charge in [-0.15, -0.1) is 0 Å². The first-order chi connectivity index (χ1) is 7.65. The molecule has 0 aromatic heterocycles. The SMILES string of the molecule is Cc1ccc(C)c(OC(C)CNC2CC2)c1. The normalized spacial score (nSPS) is 17.2. The number of benzene rings is 1. The zero-order chi connectivity index (χ0) is 11.5. The van der Waals surface area contributed by atoms with Gasteiger partial charge >= 0.3 is 0 Å². The van der Waals surface area contributed by atoms with Crippen molar-refractivity contribution in [1.29, 1.82) is 0 Å². The molecule has 88 valence electrons. The summed E-state index contributed by atoms with van der Waals surface area (Å²) in [4.78, 5) is 0. The molecular formula is C14H21NO. The fourth-order valence-electron chi connectivity index (χ4n) is 1.71. The van der Waals surface area contributed by atoms with Gasteiger partial charge < -0.3 is 10.1 Å². The monoisotopic (exact) mass is 219 g/mol. The lowest BCUT2D eigenvalue weighted by Crippen LogP contribution is -2.30. The van der Waals surface area contributed by atoms with Gasteiger partial charge in [0.1, 0.15) is 11.9 Å². The molecule has 0 amide bonds. The molecule has 2 rings (SSSR count). The molecule has 0 saturated heterocycles. The highest BCUT2D eigenvalue weighted by atomic mass is 16.5. The quantitative estimate of drug-likeness (QED) is 0.822. The molecule has 1 aliphatic rings. The minimum Gasteiger partial charge on any atom is -0.489 e. The first-order valence-electron chi connectivity index (χ1n) is 6.12. The van der Waals surface area contributed by atoms with Crippen molar-refractivity contribution in [3.05, 3.63) is 29.3 Å². The first kappa shape index (κ1) is 11.5. The van der Waals surface area contributed by atoms with Crippen LogP contribution in [0.25, 0.3) is 0 Å². The average molecular weight is 219 g/mol. The van der Waals surface area contributed by atoms with Gasteiger partial charge in [-0.25, -0.2) is 0 Å². The minimum absolute atomic E-state index is 0.237. The van der Waals surface area contributed by atoms with Gasteiger partial charge in [0.25, 0.3) is 0 Å². The lowest BCUT2D eigenvalue weighted by molar-refractivity contribution is 0.215. The van der Waals surface area contributed by atoms with Crippen LogP contribution in [0.1, 0.15) is 30.9 Å². The molecule has 2 nitrogen and oxygen atoms in total. The molecule has 1 fully saturated rings. The molecule has 0 heterocycles. The van der Waals surface area contributed by atoms with Crippen molar-refractivity contribution in [1.82, 2.24) is 5.32 Å². The van der Waals surface area contributed by atoms with Crippen LogP contribution in [0.3, 0.4) is 0 Å². The van der Waals surface area contributed by atoms with Gasteiger partial charge in [0.15, 0.2) is 0 Å². The van der Waals surface area contributed by atoms with Crippen LogP contribution in [-0.2, 0) is 0 Å². The Balaban J connectivity index is 1.88. The third-order valence-electron chi connectivity index (χ3n) is 2.94. The maximum absolute atomic E-state index is 5.94. The van der Waals surface area contributed by atoms with Crippen LogP contribution in [0.2, 0.25) is 0 Å². The topological polar surface area (TPSA) is 21.3 Å². The van der Waals surface area contributed by atoms with Gasteiger partial charge in [0.2, 0.25) is 0 Å². The molecule has 1 saturated carbocycles. The second kappa shape index (κ2) is 4.88. The van der Waals surface area contributed by atoms with Gasteiger partial charge in [0, 0.05) is 12.6 Å². The lowest BCUT2D eigenvalue weighted by Gasteiger charge is -2.17. The predicted octanol–water partition coefficient (Wildman–Crippen LogP) is 2.82. The van der Waals surface area contributed by atoms with E-state index in [1.807, 2.05) is 0 Å². The van der Waals surface area contributed by atoms with Crippen LogP contribution in [0, 0.1) is 13.8 Å². The fourth-order valence-corrected chi connectivity index (χ4v) is 1.71. The standard InChI is InChI=1S/C14H21NO/c1-10-4-5-11(2)14(8-10)16-12(3)9-15-13-6-7-13/h4-5,8,12-13,15H,6-7,9H2,1-3H3. The Labute approximate surface area is 98.0 Å². The van der Waals surface area contributed by atoms with Crippen molar-refractivity contribution >= 4 is 0 Å². The molecular weight excluding hydrogens is 198 g/mol. The highest BCUT2D eigenvalue weighted by molar-refractivity contribution is 5.36. The van der Waals surface area contributed by atoms with Gasteiger partial charge in [-0.1, -0.05) is 12.1 Å². The Bertz CT molecular complexity index is 358.